The summed E-state index contributed by atoms with van der Waals surface area (Å²) in [6.07, 6.45) is 7.76. The van der Waals surface area contributed by atoms with E-state index >= 15 is 4.39 Å². The summed E-state index contributed by atoms with van der Waals surface area (Å²) in [4.78, 5) is 58.0. The maximum Gasteiger partial charge on any atom is 0.512 e. The molecule has 0 aliphatic carbocycles. The van der Waals surface area contributed by atoms with Crippen molar-refractivity contribution in [2.45, 2.75) is 35.9 Å². The lowest BCUT2D eigenvalue weighted by Gasteiger charge is -2.40. The number of esters is 2. The summed E-state index contributed by atoms with van der Waals surface area (Å²) in [5.41, 5.74) is -1.77. The van der Waals surface area contributed by atoms with Gasteiger partial charge in [0.25, 0.3) is 0 Å². The Morgan fingerprint density at radius 1 is 1.05 bits per heavy atom. The molecule has 0 amide bonds. The van der Waals surface area contributed by atoms with Crippen LogP contribution in [0.2, 0.25) is 0 Å². The zero-order valence-corrected chi connectivity index (χ0v) is 31.4. The highest BCUT2D eigenvalue weighted by molar-refractivity contribution is 8.00. The van der Waals surface area contributed by atoms with Gasteiger partial charge in [0.15, 0.2) is 11.9 Å². The molecule has 57 heavy (non-hydrogen) atoms. The summed E-state index contributed by atoms with van der Waals surface area (Å²) in [5, 5.41) is 11.7. The van der Waals surface area contributed by atoms with Gasteiger partial charge in [0.05, 0.1) is 43.2 Å². The van der Waals surface area contributed by atoms with Gasteiger partial charge in [-0.1, -0.05) is 24.3 Å². The summed E-state index contributed by atoms with van der Waals surface area (Å²) in [5.74, 6) is -4.78. The number of rotatable bonds is 18. The van der Waals surface area contributed by atoms with Gasteiger partial charge in [0, 0.05) is 34.6 Å². The fraction of sp³-hybridized carbons (Fsp3) is 0.314. The van der Waals surface area contributed by atoms with Crippen molar-refractivity contribution < 1.29 is 74.9 Å². The quantitative estimate of drug-likeness (QED) is 0.0343. The van der Waals surface area contributed by atoms with Gasteiger partial charge in [-0.25, -0.2) is 41.8 Å². The van der Waals surface area contributed by atoms with E-state index in [2.05, 4.69) is 19.3 Å². The average Bonchev–Trinajstić information content (AvgIpc) is 3.67. The normalized spacial score (nSPS) is 17.6. The number of hydrogen-bond acceptors (Lipinski definition) is 15. The first-order chi connectivity index (χ1) is 27.2. The van der Waals surface area contributed by atoms with Gasteiger partial charge < -0.3 is 38.2 Å². The molecule has 1 saturated heterocycles. The summed E-state index contributed by atoms with van der Waals surface area (Å²) in [6.45, 7) is -0.694. The van der Waals surface area contributed by atoms with Crippen molar-refractivity contribution >= 4 is 43.8 Å². The van der Waals surface area contributed by atoms with Crippen LogP contribution in [-0.2, 0) is 59.2 Å². The molecule has 3 aromatic rings. The fourth-order valence-corrected chi connectivity index (χ4v) is 6.64. The number of allylic oxidation sites excluding steroid dienone is 2. The lowest BCUT2D eigenvalue weighted by molar-refractivity contribution is -0.150. The van der Waals surface area contributed by atoms with Crippen molar-refractivity contribution in [3.8, 4) is 6.07 Å². The summed E-state index contributed by atoms with van der Waals surface area (Å²) >= 11 is 1.19. The molecule has 304 valence electrons. The number of carbonyl (C=O) groups excluding carboxylic acids is 3. The Kier molecular flexibility index (Phi) is 16.6. The van der Waals surface area contributed by atoms with E-state index in [1.807, 2.05) is 6.07 Å². The molecule has 1 aromatic heterocycles. The van der Waals surface area contributed by atoms with Crippen molar-refractivity contribution in [3.05, 3.63) is 114 Å². The number of benzene rings is 2. The van der Waals surface area contributed by atoms with E-state index in [-0.39, 0.29) is 36.4 Å². The van der Waals surface area contributed by atoms with Crippen LogP contribution in [-0.4, -0.2) is 92.7 Å². The number of nitriles is 1. The third-order valence-electron chi connectivity index (χ3n) is 7.57. The van der Waals surface area contributed by atoms with E-state index in [1.54, 1.807) is 25.2 Å². The molecule has 17 nitrogen and oxygen atoms in total. The molecule has 2 N–H and O–H groups in total. The Balaban J connectivity index is 1.40. The van der Waals surface area contributed by atoms with Gasteiger partial charge in [-0.2, -0.15) is 10.4 Å². The highest BCUT2D eigenvalue weighted by Gasteiger charge is 2.47. The SMILES string of the molecule is CC(SC1COC(C=CC=Cc2ccc(C#N)cc2F)OC1)C(Cn1cncn1)(OC(=O)OCOC(=O)C=CC(=O)OCCOP(=O)(O)O)c1ccc(F)cc1F. The summed E-state index contributed by atoms with van der Waals surface area (Å²) < 4.78 is 91.6. The van der Waals surface area contributed by atoms with Crippen LogP contribution in [0.4, 0.5) is 18.0 Å². The van der Waals surface area contributed by atoms with Crippen molar-refractivity contribution in [1.29, 1.82) is 5.26 Å². The first-order valence-corrected chi connectivity index (χ1v) is 18.9. The molecule has 1 aliphatic heterocycles. The molecule has 4 rings (SSSR count). The molecule has 2 unspecified atom stereocenters. The molecular weight excluding hydrogens is 804 g/mol. The maximum absolute atomic E-state index is 15.6. The first-order valence-electron chi connectivity index (χ1n) is 16.5. The third-order valence-corrected chi connectivity index (χ3v) is 9.53. The predicted molar refractivity (Wildman–Crippen MR) is 191 cm³/mol. The second-order valence-electron chi connectivity index (χ2n) is 11.5. The molecule has 1 fully saturated rings. The number of hydrogen-bond donors (Lipinski definition) is 2. The minimum absolute atomic E-state index is 0.117. The van der Waals surface area contributed by atoms with Crippen molar-refractivity contribution in [1.82, 2.24) is 14.8 Å². The van der Waals surface area contributed by atoms with Crippen LogP contribution >= 0.6 is 19.6 Å². The lowest BCUT2D eigenvalue weighted by Crippen LogP contribution is -2.47. The van der Waals surface area contributed by atoms with E-state index in [0.717, 1.165) is 18.2 Å². The van der Waals surface area contributed by atoms with Gasteiger partial charge in [-0.3, -0.25) is 4.52 Å². The molecule has 22 heteroatoms. The molecular formula is C35H34F3N4O13PS. The summed E-state index contributed by atoms with van der Waals surface area (Å²) in [6, 6.07) is 8.62. The number of nitrogens with zero attached hydrogens (tertiary/aromatic N) is 4. The van der Waals surface area contributed by atoms with Gasteiger partial charge in [-0.15, -0.1) is 11.8 Å². The number of phosphoric acid groups is 1. The lowest BCUT2D eigenvalue weighted by atomic mass is 9.89. The summed E-state index contributed by atoms with van der Waals surface area (Å²) in [7, 11) is -4.76. The smallest absolute Gasteiger partial charge is 0.460 e. The van der Waals surface area contributed by atoms with Crippen LogP contribution in [0.5, 0.6) is 0 Å². The van der Waals surface area contributed by atoms with Crippen LogP contribution < -0.4 is 0 Å². The highest BCUT2D eigenvalue weighted by Crippen LogP contribution is 2.42. The minimum atomic E-state index is -4.76. The molecule has 2 atom stereocenters. The number of carbonyl (C=O) groups is 3. The zero-order chi connectivity index (χ0) is 41.4. The Morgan fingerprint density at radius 2 is 1.79 bits per heavy atom. The Labute approximate surface area is 326 Å². The second-order valence-corrected chi connectivity index (χ2v) is 14.4. The topological polar surface area (TPSA) is 228 Å². The third kappa shape index (κ3) is 14.3. The largest absolute Gasteiger partial charge is 0.512 e. The number of halogens is 3. The monoisotopic (exact) mass is 838 g/mol. The second kappa shape index (κ2) is 21.3. The van der Waals surface area contributed by atoms with E-state index < -0.39 is 85.8 Å². The number of phosphoric ester groups is 1. The van der Waals surface area contributed by atoms with Gasteiger partial charge in [-0.05, 0) is 37.3 Å². The number of thioether (sulfide) groups is 1. The standard InChI is InChI=1S/C35H34F3N4O13PS/c1-23(57-27-17-50-33(51-18-27)5-3-2-4-25-7-6-24(16-39)14-29(25)37)35(19-42-21-40-20-41-42,28-9-8-26(36)15-30(28)38)55-34(45)53-22-52-32(44)11-10-31(43)49-12-13-54-56(46,47)48/h2-11,14-15,20-21,23,27,33H,12-13,17-19,22H2,1H3,(H2,46,47,48). The van der Waals surface area contributed by atoms with Crippen LogP contribution in [0.25, 0.3) is 6.08 Å². The van der Waals surface area contributed by atoms with Crippen LogP contribution in [0.3, 0.4) is 0 Å². The number of ether oxygens (including phenoxy) is 6. The fourth-order valence-electron chi connectivity index (χ4n) is 4.97. The molecule has 1 aliphatic rings. The van der Waals surface area contributed by atoms with Crippen LogP contribution in [0.15, 0.2) is 79.4 Å². The van der Waals surface area contributed by atoms with Crippen LogP contribution in [0, 0.1) is 28.8 Å². The van der Waals surface area contributed by atoms with Gasteiger partial charge in [0.1, 0.15) is 36.7 Å². The maximum atomic E-state index is 15.6. The molecule has 0 spiro atoms. The first kappa shape index (κ1) is 44.4. The Hall–Kier alpha value is -5.33. The van der Waals surface area contributed by atoms with E-state index in [1.165, 1.54) is 47.3 Å². The van der Waals surface area contributed by atoms with Gasteiger partial charge >= 0.3 is 25.9 Å². The molecule has 2 heterocycles. The predicted octanol–water partition coefficient (Wildman–Crippen LogP) is 4.46. The van der Waals surface area contributed by atoms with E-state index in [0.29, 0.717) is 18.2 Å². The molecule has 0 bridgehead atoms. The minimum Gasteiger partial charge on any atom is -0.460 e. The van der Waals surface area contributed by atoms with Crippen molar-refractivity contribution in [2.24, 2.45) is 0 Å². The average molecular weight is 839 g/mol. The van der Waals surface area contributed by atoms with Crippen molar-refractivity contribution in [2.75, 3.05) is 33.2 Å². The molecule has 0 saturated carbocycles. The molecule has 0 radical (unpaired) electrons. The van der Waals surface area contributed by atoms with E-state index in [4.69, 9.17) is 38.7 Å². The zero-order valence-electron chi connectivity index (χ0n) is 29.7. The Morgan fingerprint density at radius 3 is 2.44 bits per heavy atom. The highest BCUT2D eigenvalue weighted by atomic mass is 32.2. The van der Waals surface area contributed by atoms with Gasteiger partial charge in [0.2, 0.25) is 6.79 Å². The number of aromatic nitrogens is 3. The Bertz CT molecular complexity index is 2040. The van der Waals surface area contributed by atoms with Crippen molar-refractivity contribution in [3.63, 3.8) is 0 Å². The molecule has 2 aromatic carbocycles. The van der Waals surface area contributed by atoms with Crippen LogP contribution in [0.1, 0.15) is 23.6 Å². The van der Waals surface area contributed by atoms with E-state index in [9.17, 15) is 27.7 Å².